The van der Waals surface area contributed by atoms with Crippen molar-refractivity contribution in [1.82, 2.24) is 5.32 Å². The van der Waals surface area contributed by atoms with Crippen molar-refractivity contribution in [3.05, 3.63) is 59.7 Å². The number of fused-ring (bicyclic) bond motifs is 3. The molecule has 2 N–H and O–H groups in total. The van der Waals surface area contributed by atoms with E-state index in [9.17, 15) is 9.59 Å². The molecular weight excluding hydrogens is 342 g/mol. The van der Waals surface area contributed by atoms with Crippen molar-refractivity contribution >= 4 is 12.1 Å². The summed E-state index contributed by atoms with van der Waals surface area (Å²) in [5, 5.41) is 11.9. The Morgan fingerprint density at radius 2 is 1.59 bits per heavy atom. The first-order valence-electron chi connectivity index (χ1n) is 9.14. The number of hydrogen-bond acceptors (Lipinski definition) is 3. The van der Waals surface area contributed by atoms with Crippen LogP contribution in [0.15, 0.2) is 48.5 Å². The Morgan fingerprint density at radius 1 is 1.07 bits per heavy atom. The summed E-state index contributed by atoms with van der Waals surface area (Å²) < 4.78 is 5.52. The van der Waals surface area contributed by atoms with Crippen LogP contribution in [0.4, 0.5) is 4.79 Å². The fourth-order valence-corrected chi connectivity index (χ4v) is 3.81. The highest BCUT2D eigenvalue weighted by molar-refractivity contribution is 5.79. The van der Waals surface area contributed by atoms with Gasteiger partial charge in [0.25, 0.3) is 0 Å². The number of carboxylic acids is 1. The number of alkyl carbamates (subject to hydrolysis) is 1. The zero-order valence-electron chi connectivity index (χ0n) is 15.9. The summed E-state index contributed by atoms with van der Waals surface area (Å²) in [5.74, 6) is -1.42. The summed E-state index contributed by atoms with van der Waals surface area (Å²) in [5.41, 5.74) is 4.01. The average Bonchev–Trinajstić information content (AvgIpc) is 2.93. The zero-order chi connectivity index (χ0) is 19.6. The van der Waals surface area contributed by atoms with Gasteiger partial charge < -0.3 is 15.2 Å². The summed E-state index contributed by atoms with van der Waals surface area (Å²) in [4.78, 5) is 23.4. The predicted molar refractivity (Wildman–Crippen MR) is 104 cm³/mol. The van der Waals surface area contributed by atoms with Gasteiger partial charge in [-0.15, -0.1) is 0 Å². The predicted octanol–water partition coefficient (Wildman–Crippen LogP) is 4.41. The molecule has 0 aliphatic heterocycles. The van der Waals surface area contributed by atoms with Gasteiger partial charge in [0.2, 0.25) is 0 Å². The maximum atomic E-state index is 12.3. The smallest absolute Gasteiger partial charge is 0.407 e. The molecule has 5 nitrogen and oxygen atoms in total. The fraction of sp³-hybridized carbons (Fsp3) is 0.364. The van der Waals surface area contributed by atoms with Crippen molar-refractivity contribution in [1.29, 1.82) is 0 Å². The van der Waals surface area contributed by atoms with Gasteiger partial charge in [-0.2, -0.15) is 0 Å². The third kappa shape index (κ3) is 4.13. The maximum absolute atomic E-state index is 12.3. The van der Waals surface area contributed by atoms with Crippen molar-refractivity contribution in [3.63, 3.8) is 0 Å². The van der Waals surface area contributed by atoms with Crippen molar-refractivity contribution in [2.24, 2.45) is 5.92 Å². The van der Waals surface area contributed by atoms with E-state index < -0.39 is 23.5 Å². The summed E-state index contributed by atoms with van der Waals surface area (Å²) in [6.07, 6.45) is -0.202. The van der Waals surface area contributed by atoms with Crippen molar-refractivity contribution < 1.29 is 19.4 Å². The molecule has 0 spiro atoms. The van der Waals surface area contributed by atoms with Gasteiger partial charge >= 0.3 is 12.1 Å². The third-order valence-corrected chi connectivity index (χ3v) is 5.02. The molecule has 0 aromatic heterocycles. The molecule has 0 saturated carbocycles. The second-order valence-electron chi connectivity index (χ2n) is 7.78. The number of carbonyl (C=O) groups is 2. The van der Waals surface area contributed by atoms with E-state index in [-0.39, 0.29) is 12.5 Å². The van der Waals surface area contributed by atoms with Crippen LogP contribution in [-0.4, -0.2) is 29.3 Å². The van der Waals surface area contributed by atoms with E-state index in [0.29, 0.717) is 6.42 Å². The van der Waals surface area contributed by atoms with E-state index >= 15 is 0 Å². The van der Waals surface area contributed by atoms with Crippen LogP contribution in [0.5, 0.6) is 0 Å². The minimum atomic E-state index is -0.877. The molecule has 5 heteroatoms. The number of amides is 1. The molecule has 0 radical (unpaired) electrons. The molecule has 1 aliphatic carbocycles. The molecule has 2 aromatic rings. The number of carboxylic acid groups (broad SMARTS) is 1. The second-order valence-corrected chi connectivity index (χ2v) is 7.78. The van der Waals surface area contributed by atoms with Crippen LogP contribution < -0.4 is 5.32 Å². The molecule has 0 heterocycles. The van der Waals surface area contributed by atoms with Crippen LogP contribution in [0.2, 0.25) is 0 Å². The standard InChI is InChI=1S/C22H25NO4/c1-14(20(24)25)12-22(2,3)23-21(26)27-13-19-17-10-6-4-8-15(17)16-9-5-7-11-18(16)19/h4-11,14,19H,12-13H2,1-3H3,(H,23,26)(H,24,25). The Labute approximate surface area is 159 Å². The van der Waals surface area contributed by atoms with Crippen LogP contribution in [0.1, 0.15) is 44.2 Å². The lowest BCUT2D eigenvalue weighted by Gasteiger charge is -2.28. The topological polar surface area (TPSA) is 75.6 Å². The maximum Gasteiger partial charge on any atom is 0.407 e. The molecule has 0 bridgehead atoms. The SMILES string of the molecule is CC(CC(C)(C)NC(=O)OCC1c2ccccc2-c2ccccc21)C(=O)O. The van der Waals surface area contributed by atoms with Gasteiger partial charge in [-0.25, -0.2) is 4.79 Å². The van der Waals surface area contributed by atoms with Crippen molar-refractivity contribution in [2.75, 3.05) is 6.61 Å². The van der Waals surface area contributed by atoms with E-state index in [1.165, 1.54) is 11.1 Å². The number of nitrogens with one attached hydrogen (secondary N) is 1. The lowest BCUT2D eigenvalue weighted by Crippen LogP contribution is -2.45. The number of benzene rings is 2. The highest BCUT2D eigenvalue weighted by Crippen LogP contribution is 2.44. The van der Waals surface area contributed by atoms with E-state index in [1.807, 2.05) is 24.3 Å². The first-order valence-corrected chi connectivity index (χ1v) is 9.14. The van der Waals surface area contributed by atoms with E-state index in [4.69, 9.17) is 9.84 Å². The van der Waals surface area contributed by atoms with E-state index in [2.05, 4.69) is 29.6 Å². The fourth-order valence-electron chi connectivity index (χ4n) is 3.81. The number of ether oxygens (including phenoxy) is 1. The lowest BCUT2D eigenvalue weighted by atomic mass is 9.92. The van der Waals surface area contributed by atoms with Gasteiger partial charge in [-0.1, -0.05) is 55.5 Å². The van der Waals surface area contributed by atoms with Gasteiger partial charge in [0.1, 0.15) is 6.61 Å². The molecule has 1 amide bonds. The lowest BCUT2D eigenvalue weighted by molar-refractivity contribution is -0.141. The first-order chi connectivity index (χ1) is 12.8. The number of rotatable bonds is 6. The van der Waals surface area contributed by atoms with Crippen LogP contribution in [0.25, 0.3) is 11.1 Å². The summed E-state index contributed by atoms with van der Waals surface area (Å²) in [6, 6.07) is 16.3. The van der Waals surface area contributed by atoms with Gasteiger partial charge in [0.15, 0.2) is 0 Å². The van der Waals surface area contributed by atoms with Crippen LogP contribution in [-0.2, 0) is 9.53 Å². The Kier molecular flexibility index (Phi) is 5.22. The van der Waals surface area contributed by atoms with E-state index in [0.717, 1.165) is 11.1 Å². The molecule has 1 aliphatic rings. The number of carbonyl (C=O) groups excluding carboxylic acids is 1. The summed E-state index contributed by atoms with van der Waals surface area (Å²) >= 11 is 0. The second kappa shape index (κ2) is 7.43. The normalized spacial score (nSPS) is 14.2. The van der Waals surface area contributed by atoms with Crippen molar-refractivity contribution in [2.45, 2.75) is 38.6 Å². The molecule has 3 rings (SSSR count). The zero-order valence-corrected chi connectivity index (χ0v) is 15.9. The molecule has 2 aromatic carbocycles. The number of hydrogen-bond donors (Lipinski definition) is 2. The molecular formula is C22H25NO4. The quantitative estimate of drug-likeness (QED) is 0.793. The summed E-state index contributed by atoms with van der Waals surface area (Å²) in [7, 11) is 0. The van der Waals surface area contributed by atoms with Crippen LogP contribution in [0, 0.1) is 5.92 Å². The minimum Gasteiger partial charge on any atom is -0.481 e. The molecule has 27 heavy (non-hydrogen) atoms. The largest absolute Gasteiger partial charge is 0.481 e. The first kappa shape index (κ1) is 19.0. The number of aliphatic carboxylic acids is 1. The van der Waals surface area contributed by atoms with Gasteiger partial charge in [-0.3, -0.25) is 4.79 Å². The monoisotopic (exact) mass is 367 g/mol. The minimum absolute atomic E-state index is 0.00389. The molecule has 1 atom stereocenters. The van der Waals surface area contributed by atoms with E-state index in [1.54, 1.807) is 20.8 Å². The molecule has 1 unspecified atom stereocenters. The highest BCUT2D eigenvalue weighted by Gasteiger charge is 2.30. The van der Waals surface area contributed by atoms with Gasteiger partial charge in [-0.05, 0) is 42.5 Å². The molecule has 0 saturated heterocycles. The Morgan fingerprint density at radius 3 is 2.11 bits per heavy atom. The highest BCUT2D eigenvalue weighted by atomic mass is 16.5. The summed E-state index contributed by atoms with van der Waals surface area (Å²) in [6.45, 7) is 5.47. The van der Waals surface area contributed by atoms with Gasteiger partial charge in [0, 0.05) is 11.5 Å². The van der Waals surface area contributed by atoms with Gasteiger partial charge in [0.05, 0.1) is 5.92 Å². The molecule has 142 valence electrons. The Hall–Kier alpha value is -2.82. The van der Waals surface area contributed by atoms with Crippen LogP contribution >= 0.6 is 0 Å². The van der Waals surface area contributed by atoms with Crippen molar-refractivity contribution in [3.8, 4) is 11.1 Å². The van der Waals surface area contributed by atoms with Crippen LogP contribution in [0.3, 0.4) is 0 Å². The Balaban J connectivity index is 1.66. The Bertz CT molecular complexity index is 813. The molecule has 0 fully saturated rings. The average molecular weight is 367 g/mol. The third-order valence-electron chi connectivity index (χ3n) is 5.02.